The predicted molar refractivity (Wildman–Crippen MR) is 84.5 cm³/mol. The van der Waals surface area contributed by atoms with E-state index in [0.717, 1.165) is 22.5 Å². The average Bonchev–Trinajstić information content (AvgIpc) is 2.38. The van der Waals surface area contributed by atoms with Crippen molar-refractivity contribution in [1.82, 2.24) is 4.98 Å². The van der Waals surface area contributed by atoms with E-state index in [1.165, 1.54) is 0 Å². The molecule has 0 atom stereocenters. The van der Waals surface area contributed by atoms with Gasteiger partial charge in [0.2, 0.25) is 0 Å². The van der Waals surface area contributed by atoms with E-state index >= 15 is 0 Å². The van der Waals surface area contributed by atoms with Crippen LogP contribution < -0.4 is 4.90 Å². The second-order valence-electron chi connectivity index (χ2n) is 5.17. The fourth-order valence-corrected chi connectivity index (χ4v) is 2.53. The van der Waals surface area contributed by atoms with Gasteiger partial charge in [0.1, 0.15) is 11.4 Å². The molecule has 0 aliphatic heterocycles. The number of anilines is 2. The van der Waals surface area contributed by atoms with Gasteiger partial charge in [0, 0.05) is 17.9 Å². The van der Waals surface area contributed by atoms with Crippen LogP contribution in [0, 0.1) is 20.8 Å². The van der Waals surface area contributed by atoms with Crippen molar-refractivity contribution in [2.45, 2.75) is 27.7 Å². The predicted octanol–water partition coefficient (Wildman–Crippen LogP) is 3.86. The van der Waals surface area contributed by atoms with E-state index in [2.05, 4.69) is 4.98 Å². The van der Waals surface area contributed by atoms with Crippen LogP contribution in [0.3, 0.4) is 0 Å². The monoisotopic (exact) mass is 284 g/mol. The van der Waals surface area contributed by atoms with Crippen molar-refractivity contribution >= 4 is 17.5 Å². The summed E-state index contributed by atoms with van der Waals surface area (Å²) >= 11 is 0. The van der Waals surface area contributed by atoms with Gasteiger partial charge < -0.3 is 10.0 Å². The van der Waals surface area contributed by atoms with Gasteiger partial charge in [-0.15, -0.1) is 0 Å². The van der Waals surface area contributed by atoms with Gasteiger partial charge in [-0.2, -0.15) is 0 Å². The number of benzene rings is 1. The lowest BCUT2D eigenvalue weighted by atomic mass is 10.1. The Kier molecular flexibility index (Phi) is 4.26. The van der Waals surface area contributed by atoms with Gasteiger partial charge >= 0.3 is 5.97 Å². The summed E-state index contributed by atoms with van der Waals surface area (Å²) in [6.45, 7) is 8.36. The van der Waals surface area contributed by atoms with Gasteiger partial charge in [-0.25, -0.2) is 9.78 Å². The van der Waals surface area contributed by atoms with E-state index in [9.17, 15) is 9.90 Å². The number of carbonyl (C=O) groups is 1. The number of hydrogen-bond donors (Lipinski definition) is 1. The molecule has 1 heterocycles. The molecular formula is C17H20N2O2. The van der Waals surface area contributed by atoms with Crippen molar-refractivity contribution in [1.29, 1.82) is 0 Å². The van der Waals surface area contributed by atoms with Gasteiger partial charge in [-0.1, -0.05) is 12.1 Å². The molecule has 0 unspecified atom stereocenters. The Labute approximate surface area is 125 Å². The first-order valence-electron chi connectivity index (χ1n) is 6.99. The third kappa shape index (κ3) is 3.05. The van der Waals surface area contributed by atoms with Crippen LogP contribution in [0.15, 0.2) is 30.3 Å². The third-order valence-corrected chi connectivity index (χ3v) is 3.42. The molecule has 2 rings (SSSR count). The second-order valence-corrected chi connectivity index (χ2v) is 5.17. The van der Waals surface area contributed by atoms with Crippen LogP contribution in [0.1, 0.15) is 34.1 Å². The SMILES string of the molecule is CCN(c1cccc(C)c1)c1nc(C)cc(C)c1C(=O)O. The Morgan fingerprint density at radius 1 is 1.24 bits per heavy atom. The molecular weight excluding hydrogens is 264 g/mol. The quantitative estimate of drug-likeness (QED) is 0.926. The first-order chi connectivity index (χ1) is 9.93. The van der Waals surface area contributed by atoms with Crippen LogP contribution in [0.2, 0.25) is 0 Å². The second kappa shape index (κ2) is 5.95. The minimum absolute atomic E-state index is 0.268. The number of aromatic nitrogens is 1. The molecule has 0 aliphatic carbocycles. The summed E-state index contributed by atoms with van der Waals surface area (Å²) < 4.78 is 0. The summed E-state index contributed by atoms with van der Waals surface area (Å²) in [6.07, 6.45) is 0. The molecule has 1 aromatic heterocycles. The Balaban J connectivity index is 2.65. The van der Waals surface area contributed by atoms with Crippen LogP contribution in [0.25, 0.3) is 0 Å². The lowest BCUT2D eigenvalue weighted by molar-refractivity contribution is 0.0696. The number of nitrogens with zero attached hydrogens (tertiary/aromatic N) is 2. The van der Waals surface area contributed by atoms with Gasteiger partial charge in [-0.3, -0.25) is 0 Å². The summed E-state index contributed by atoms with van der Waals surface area (Å²) in [5.41, 5.74) is 3.91. The maximum atomic E-state index is 11.6. The summed E-state index contributed by atoms with van der Waals surface area (Å²) in [5.74, 6) is -0.436. The number of carboxylic acid groups (broad SMARTS) is 1. The molecule has 0 fully saturated rings. The molecule has 4 heteroatoms. The number of carboxylic acids is 1. The van der Waals surface area contributed by atoms with E-state index in [1.54, 1.807) is 6.07 Å². The van der Waals surface area contributed by atoms with E-state index in [0.29, 0.717) is 12.4 Å². The topological polar surface area (TPSA) is 53.4 Å². The Morgan fingerprint density at radius 3 is 2.52 bits per heavy atom. The summed E-state index contributed by atoms with van der Waals surface area (Å²) in [6, 6.07) is 9.80. The van der Waals surface area contributed by atoms with E-state index in [4.69, 9.17) is 0 Å². The molecule has 21 heavy (non-hydrogen) atoms. The molecule has 4 nitrogen and oxygen atoms in total. The van der Waals surface area contributed by atoms with Crippen LogP contribution in [0.4, 0.5) is 11.5 Å². The maximum Gasteiger partial charge on any atom is 0.339 e. The highest BCUT2D eigenvalue weighted by Gasteiger charge is 2.21. The highest BCUT2D eigenvalue weighted by Crippen LogP contribution is 2.29. The Hall–Kier alpha value is -2.36. The molecule has 0 bridgehead atoms. The first-order valence-corrected chi connectivity index (χ1v) is 6.99. The highest BCUT2D eigenvalue weighted by atomic mass is 16.4. The number of rotatable bonds is 4. The zero-order valence-corrected chi connectivity index (χ0v) is 12.8. The largest absolute Gasteiger partial charge is 0.478 e. The zero-order chi connectivity index (χ0) is 15.6. The van der Waals surface area contributed by atoms with Crippen molar-refractivity contribution < 1.29 is 9.90 Å². The smallest absolute Gasteiger partial charge is 0.339 e. The molecule has 0 saturated heterocycles. The van der Waals surface area contributed by atoms with Crippen molar-refractivity contribution in [2.75, 3.05) is 11.4 Å². The van der Waals surface area contributed by atoms with Crippen LogP contribution in [0.5, 0.6) is 0 Å². The lowest BCUT2D eigenvalue weighted by Gasteiger charge is -2.25. The molecule has 0 radical (unpaired) electrons. The fraction of sp³-hybridized carbons (Fsp3) is 0.294. The fourth-order valence-electron chi connectivity index (χ4n) is 2.53. The van der Waals surface area contributed by atoms with Crippen molar-refractivity contribution in [3.63, 3.8) is 0 Å². The molecule has 0 spiro atoms. The van der Waals surface area contributed by atoms with Crippen LogP contribution in [-0.4, -0.2) is 22.6 Å². The maximum absolute atomic E-state index is 11.6. The summed E-state index contributed by atoms with van der Waals surface area (Å²) in [4.78, 5) is 18.0. The van der Waals surface area contributed by atoms with E-state index in [-0.39, 0.29) is 5.56 Å². The third-order valence-electron chi connectivity index (χ3n) is 3.42. The van der Waals surface area contributed by atoms with Gasteiger partial charge in [0.15, 0.2) is 0 Å². The minimum Gasteiger partial charge on any atom is -0.478 e. The highest BCUT2D eigenvalue weighted by molar-refractivity contribution is 5.96. The first kappa shape index (κ1) is 15.0. The summed E-state index contributed by atoms with van der Waals surface area (Å²) in [5, 5.41) is 9.52. The molecule has 0 amide bonds. The molecule has 1 N–H and O–H groups in total. The number of aryl methyl sites for hydroxylation is 3. The summed E-state index contributed by atoms with van der Waals surface area (Å²) in [7, 11) is 0. The zero-order valence-electron chi connectivity index (χ0n) is 12.8. The van der Waals surface area contributed by atoms with Gasteiger partial charge in [0.25, 0.3) is 0 Å². The lowest BCUT2D eigenvalue weighted by Crippen LogP contribution is -2.22. The standard InChI is InChI=1S/C17H20N2O2/c1-5-19(14-8-6-7-11(2)9-14)16-15(17(20)21)12(3)10-13(4)18-16/h6-10H,5H2,1-4H3,(H,20,21). The molecule has 0 aliphatic rings. The Morgan fingerprint density at radius 2 is 1.95 bits per heavy atom. The number of hydrogen-bond acceptors (Lipinski definition) is 3. The van der Waals surface area contributed by atoms with Crippen molar-refractivity contribution in [3.05, 3.63) is 52.7 Å². The van der Waals surface area contributed by atoms with E-state index in [1.807, 2.05) is 56.9 Å². The van der Waals surface area contributed by atoms with E-state index < -0.39 is 5.97 Å². The average molecular weight is 284 g/mol. The number of pyridine rings is 1. The van der Waals surface area contributed by atoms with Gasteiger partial charge in [-0.05, 0) is 57.0 Å². The normalized spacial score (nSPS) is 10.5. The molecule has 110 valence electrons. The van der Waals surface area contributed by atoms with Crippen molar-refractivity contribution in [2.24, 2.45) is 0 Å². The molecule has 1 aromatic carbocycles. The van der Waals surface area contributed by atoms with Crippen molar-refractivity contribution in [3.8, 4) is 0 Å². The molecule has 2 aromatic rings. The van der Waals surface area contributed by atoms with Crippen LogP contribution >= 0.6 is 0 Å². The van der Waals surface area contributed by atoms with Crippen LogP contribution in [-0.2, 0) is 0 Å². The Bertz CT molecular complexity index is 680. The molecule has 0 saturated carbocycles. The number of aromatic carboxylic acids is 1. The minimum atomic E-state index is -0.943. The van der Waals surface area contributed by atoms with Gasteiger partial charge in [0.05, 0.1) is 0 Å².